The third-order valence-corrected chi connectivity index (χ3v) is 3.98. The van der Waals surface area contributed by atoms with Crippen molar-refractivity contribution < 1.29 is 4.79 Å². The van der Waals surface area contributed by atoms with Crippen LogP contribution in [0.3, 0.4) is 0 Å². The highest BCUT2D eigenvalue weighted by molar-refractivity contribution is 7.22. The highest BCUT2D eigenvalue weighted by atomic mass is 32.1. The largest absolute Gasteiger partial charge is 0.302 e. The predicted molar refractivity (Wildman–Crippen MR) is 81.7 cm³/mol. The zero-order chi connectivity index (χ0) is 13.7. The van der Waals surface area contributed by atoms with Gasteiger partial charge in [0.05, 0.1) is 10.2 Å². The van der Waals surface area contributed by atoms with Crippen molar-refractivity contribution >= 4 is 32.6 Å². The van der Waals surface area contributed by atoms with Crippen LogP contribution in [-0.2, 0) is 4.79 Å². The molecule has 0 bridgehead atoms. The third-order valence-electron chi connectivity index (χ3n) is 3.05. The lowest BCUT2D eigenvalue weighted by Gasteiger charge is -2.00. The van der Waals surface area contributed by atoms with Crippen molar-refractivity contribution in [2.24, 2.45) is 0 Å². The van der Waals surface area contributed by atoms with Crippen molar-refractivity contribution in [3.63, 3.8) is 0 Å². The first-order valence-corrected chi connectivity index (χ1v) is 7.67. The highest BCUT2D eigenvalue weighted by Gasteiger charge is 2.07. The molecule has 1 aromatic carbocycles. The maximum atomic E-state index is 11.8. The summed E-state index contributed by atoms with van der Waals surface area (Å²) >= 11 is 1.54. The number of rotatable bonds is 6. The lowest BCUT2D eigenvalue weighted by molar-refractivity contribution is -0.116. The number of nitrogens with zero attached hydrogens (tertiary/aromatic N) is 1. The van der Waals surface area contributed by atoms with Gasteiger partial charge in [0, 0.05) is 6.42 Å². The van der Waals surface area contributed by atoms with E-state index >= 15 is 0 Å². The summed E-state index contributed by atoms with van der Waals surface area (Å²) in [5.74, 6) is 0.0758. The van der Waals surface area contributed by atoms with E-state index in [0.717, 1.165) is 23.1 Å². The Labute approximate surface area is 118 Å². The Morgan fingerprint density at radius 1 is 1.32 bits per heavy atom. The lowest BCUT2D eigenvalue weighted by atomic mass is 10.1. The quantitative estimate of drug-likeness (QED) is 0.788. The molecule has 0 aliphatic heterocycles. The van der Waals surface area contributed by atoms with Crippen LogP contribution < -0.4 is 5.32 Å². The fourth-order valence-electron chi connectivity index (χ4n) is 1.98. The van der Waals surface area contributed by atoms with E-state index in [-0.39, 0.29) is 5.91 Å². The first kappa shape index (κ1) is 14.0. The second kappa shape index (κ2) is 6.66. The number of hydrogen-bond donors (Lipinski definition) is 1. The molecule has 0 atom stereocenters. The van der Waals surface area contributed by atoms with Crippen LogP contribution >= 0.6 is 11.3 Å². The standard InChI is InChI=1S/C15H20N2OS/c1-3-4-5-6-7-14(18)17-15-16-12-9-8-11(2)10-13(12)19-15/h8-10H,3-7H2,1-2H3,(H,16,17,18). The Morgan fingerprint density at radius 2 is 2.16 bits per heavy atom. The smallest absolute Gasteiger partial charge is 0.226 e. The second-order valence-corrected chi connectivity index (χ2v) is 5.88. The van der Waals surface area contributed by atoms with Crippen LogP contribution in [0, 0.1) is 6.92 Å². The van der Waals surface area contributed by atoms with E-state index in [9.17, 15) is 4.79 Å². The molecule has 0 saturated carbocycles. The topological polar surface area (TPSA) is 42.0 Å². The molecule has 1 aromatic heterocycles. The molecule has 1 amide bonds. The molecule has 4 heteroatoms. The number of carbonyl (C=O) groups is 1. The highest BCUT2D eigenvalue weighted by Crippen LogP contribution is 2.26. The summed E-state index contributed by atoms with van der Waals surface area (Å²) < 4.78 is 1.13. The summed E-state index contributed by atoms with van der Waals surface area (Å²) in [5.41, 5.74) is 2.17. The second-order valence-electron chi connectivity index (χ2n) is 4.85. The fourth-order valence-corrected chi connectivity index (χ4v) is 2.96. The minimum absolute atomic E-state index is 0.0758. The van der Waals surface area contributed by atoms with Crippen molar-refractivity contribution in [2.45, 2.75) is 46.0 Å². The molecule has 0 aliphatic carbocycles. The number of unbranched alkanes of at least 4 members (excludes halogenated alkanes) is 3. The zero-order valence-corrected chi connectivity index (χ0v) is 12.3. The van der Waals surface area contributed by atoms with Crippen LogP contribution in [0.5, 0.6) is 0 Å². The Balaban J connectivity index is 1.91. The number of fused-ring (bicyclic) bond motifs is 1. The minimum atomic E-state index is 0.0758. The van der Waals surface area contributed by atoms with E-state index in [2.05, 4.69) is 30.2 Å². The first-order chi connectivity index (χ1) is 9.19. The molecule has 2 aromatic rings. The van der Waals surface area contributed by atoms with Crippen LogP contribution in [0.2, 0.25) is 0 Å². The van der Waals surface area contributed by atoms with Crippen LogP contribution in [0.4, 0.5) is 5.13 Å². The molecule has 0 saturated heterocycles. The summed E-state index contributed by atoms with van der Waals surface area (Å²) in [6.45, 7) is 4.23. The van der Waals surface area contributed by atoms with Gasteiger partial charge in [-0.1, -0.05) is 43.6 Å². The number of hydrogen-bond acceptors (Lipinski definition) is 3. The average Bonchev–Trinajstić information content (AvgIpc) is 2.76. The number of aromatic nitrogens is 1. The van der Waals surface area contributed by atoms with Gasteiger partial charge in [-0.3, -0.25) is 4.79 Å². The fraction of sp³-hybridized carbons (Fsp3) is 0.467. The Morgan fingerprint density at radius 3 is 2.95 bits per heavy atom. The molecule has 1 N–H and O–H groups in total. The number of nitrogens with one attached hydrogen (secondary N) is 1. The summed E-state index contributed by atoms with van der Waals surface area (Å²) in [7, 11) is 0. The molecule has 0 spiro atoms. The van der Waals surface area contributed by atoms with Crippen molar-refractivity contribution in [1.82, 2.24) is 4.98 Å². The van der Waals surface area contributed by atoms with Crippen molar-refractivity contribution in [3.8, 4) is 0 Å². The normalized spacial score (nSPS) is 10.8. The van der Waals surface area contributed by atoms with E-state index in [4.69, 9.17) is 0 Å². The van der Waals surface area contributed by atoms with Gasteiger partial charge in [0.2, 0.25) is 5.91 Å². The van der Waals surface area contributed by atoms with Gasteiger partial charge >= 0.3 is 0 Å². The molecule has 0 fully saturated rings. The lowest BCUT2D eigenvalue weighted by Crippen LogP contribution is -2.10. The number of benzene rings is 1. The summed E-state index contributed by atoms with van der Waals surface area (Å²) in [6, 6.07) is 6.14. The van der Waals surface area contributed by atoms with Crippen molar-refractivity contribution in [2.75, 3.05) is 5.32 Å². The van der Waals surface area contributed by atoms with Gasteiger partial charge < -0.3 is 5.32 Å². The minimum Gasteiger partial charge on any atom is -0.302 e. The summed E-state index contributed by atoms with van der Waals surface area (Å²) in [4.78, 5) is 16.2. The number of aryl methyl sites for hydroxylation is 1. The monoisotopic (exact) mass is 276 g/mol. The molecule has 0 aliphatic rings. The molecule has 19 heavy (non-hydrogen) atoms. The summed E-state index contributed by atoms with van der Waals surface area (Å²) in [5, 5.41) is 3.61. The van der Waals surface area contributed by atoms with Crippen molar-refractivity contribution in [3.05, 3.63) is 23.8 Å². The van der Waals surface area contributed by atoms with Crippen molar-refractivity contribution in [1.29, 1.82) is 0 Å². The SMILES string of the molecule is CCCCCCC(=O)Nc1nc2ccc(C)cc2s1. The molecule has 3 nitrogen and oxygen atoms in total. The molecular formula is C15H20N2OS. The number of amides is 1. The molecular weight excluding hydrogens is 256 g/mol. The Bertz CT molecular complexity index is 562. The molecule has 102 valence electrons. The van der Waals surface area contributed by atoms with Gasteiger partial charge in [0.15, 0.2) is 5.13 Å². The van der Waals surface area contributed by atoms with Crippen LogP contribution in [0.25, 0.3) is 10.2 Å². The van der Waals surface area contributed by atoms with Gasteiger partial charge in [0.1, 0.15) is 0 Å². The third kappa shape index (κ3) is 4.03. The molecule has 2 rings (SSSR count). The van der Waals surface area contributed by atoms with Gasteiger partial charge in [-0.15, -0.1) is 0 Å². The van der Waals surface area contributed by atoms with E-state index in [0.29, 0.717) is 11.6 Å². The number of carbonyl (C=O) groups excluding carboxylic acids is 1. The molecule has 0 unspecified atom stereocenters. The number of anilines is 1. The summed E-state index contributed by atoms with van der Waals surface area (Å²) in [6.07, 6.45) is 5.08. The maximum Gasteiger partial charge on any atom is 0.226 e. The van der Waals surface area contributed by atoms with Gasteiger partial charge in [0.25, 0.3) is 0 Å². The van der Waals surface area contributed by atoms with E-state index in [1.165, 1.54) is 18.4 Å². The van der Waals surface area contributed by atoms with E-state index < -0.39 is 0 Å². The van der Waals surface area contributed by atoms with Gasteiger partial charge in [-0.2, -0.15) is 0 Å². The average molecular weight is 276 g/mol. The Hall–Kier alpha value is -1.42. The van der Waals surface area contributed by atoms with E-state index in [1.54, 1.807) is 11.3 Å². The number of thiazole rings is 1. The van der Waals surface area contributed by atoms with Gasteiger partial charge in [-0.05, 0) is 31.0 Å². The predicted octanol–water partition coefficient (Wildman–Crippen LogP) is 4.51. The van der Waals surface area contributed by atoms with Crippen LogP contribution in [0.15, 0.2) is 18.2 Å². The zero-order valence-electron chi connectivity index (χ0n) is 11.5. The first-order valence-electron chi connectivity index (χ1n) is 6.86. The Kier molecular flexibility index (Phi) is 4.91. The van der Waals surface area contributed by atoms with Crippen LogP contribution in [-0.4, -0.2) is 10.9 Å². The molecule has 0 radical (unpaired) electrons. The molecule has 1 heterocycles. The maximum absolute atomic E-state index is 11.8. The van der Waals surface area contributed by atoms with Gasteiger partial charge in [-0.25, -0.2) is 4.98 Å². The van der Waals surface area contributed by atoms with Crippen LogP contribution in [0.1, 0.15) is 44.6 Å². The van der Waals surface area contributed by atoms with E-state index in [1.807, 2.05) is 12.1 Å².